The summed E-state index contributed by atoms with van der Waals surface area (Å²) >= 11 is 0. The van der Waals surface area contributed by atoms with Crippen LogP contribution in [0.4, 0.5) is 5.69 Å². The van der Waals surface area contributed by atoms with Gasteiger partial charge in [0, 0.05) is 23.1 Å². The van der Waals surface area contributed by atoms with Crippen LogP contribution in [0, 0.1) is 6.92 Å². The third-order valence-corrected chi connectivity index (χ3v) is 2.76. The molecule has 0 bridgehead atoms. The second-order valence-electron chi connectivity index (χ2n) is 4.41. The molecule has 0 saturated carbocycles. The summed E-state index contributed by atoms with van der Waals surface area (Å²) in [5.41, 5.74) is 9.93. The van der Waals surface area contributed by atoms with E-state index in [-0.39, 0.29) is 0 Å². The van der Waals surface area contributed by atoms with Gasteiger partial charge in [-0.05, 0) is 36.6 Å². The third kappa shape index (κ3) is 1.94. The van der Waals surface area contributed by atoms with Crippen LogP contribution in [0.3, 0.4) is 0 Å². The maximum atomic E-state index is 5.79. The predicted molar refractivity (Wildman–Crippen MR) is 67.3 cm³/mol. The van der Waals surface area contributed by atoms with Crippen LogP contribution in [0.15, 0.2) is 24.4 Å². The van der Waals surface area contributed by atoms with Crippen molar-refractivity contribution in [3.05, 3.63) is 35.7 Å². The molecule has 0 radical (unpaired) electrons. The molecule has 2 rings (SSSR count). The lowest BCUT2D eigenvalue weighted by Crippen LogP contribution is -1.91. The molecule has 0 fully saturated rings. The number of nitrogen functional groups attached to an aromatic ring is 1. The summed E-state index contributed by atoms with van der Waals surface area (Å²) < 4.78 is 0. The van der Waals surface area contributed by atoms with E-state index < -0.39 is 0 Å². The minimum absolute atomic E-state index is 0.469. The molecule has 0 spiro atoms. The molecule has 2 aromatic rings. The lowest BCUT2D eigenvalue weighted by Gasteiger charge is -2.03. The molecular formula is C13H17N3. The number of nitrogens with two attached hydrogens (primary N) is 1. The minimum atomic E-state index is 0.469. The van der Waals surface area contributed by atoms with E-state index in [2.05, 4.69) is 29.9 Å². The fourth-order valence-electron chi connectivity index (χ4n) is 1.60. The number of benzene rings is 1. The van der Waals surface area contributed by atoms with Gasteiger partial charge >= 0.3 is 0 Å². The lowest BCUT2D eigenvalue weighted by molar-refractivity contribution is 0.833. The predicted octanol–water partition coefficient (Wildman–Crippen LogP) is 3.09. The fourth-order valence-corrected chi connectivity index (χ4v) is 1.60. The van der Waals surface area contributed by atoms with Crippen LogP contribution in [-0.2, 0) is 0 Å². The molecule has 0 unspecified atom stereocenters. The van der Waals surface area contributed by atoms with Crippen molar-refractivity contribution in [1.29, 1.82) is 0 Å². The molecule has 3 heteroatoms. The highest BCUT2D eigenvalue weighted by Gasteiger charge is 2.06. The molecular weight excluding hydrogens is 198 g/mol. The van der Waals surface area contributed by atoms with Gasteiger partial charge in [-0.1, -0.05) is 13.8 Å². The molecule has 0 aliphatic rings. The molecule has 1 heterocycles. The van der Waals surface area contributed by atoms with Gasteiger partial charge in [0.1, 0.15) is 5.82 Å². The average molecular weight is 215 g/mol. The number of aromatic nitrogens is 2. The number of rotatable bonds is 2. The average Bonchev–Trinajstić information content (AvgIpc) is 2.71. The Balaban J connectivity index is 2.39. The van der Waals surface area contributed by atoms with E-state index in [0.717, 1.165) is 28.3 Å². The Morgan fingerprint density at radius 1 is 1.31 bits per heavy atom. The zero-order chi connectivity index (χ0) is 11.7. The van der Waals surface area contributed by atoms with Crippen molar-refractivity contribution in [1.82, 2.24) is 9.97 Å². The summed E-state index contributed by atoms with van der Waals surface area (Å²) in [5.74, 6) is 1.38. The zero-order valence-corrected chi connectivity index (χ0v) is 9.91. The highest BCUT2D eigenvalue weighted by molar-refractivity contribution is 5.62. The first kappa shape index (κ1) is 10.7. The molecule has 0 aliphatic heterocycles. The number of hydrogen-bond acceptors (Lipinski definition) is 2. The van der Waals surface area contributed by atoms with Gasteiger partial charge in [0.25, 0.3) is 0 Å². The molecule has 0 amide bonds. The maximum Gasteiger partial charge on any atom is 0.137 e. The molecule has 84 valence electrons. The van der Waals surface area contributed by atoms with Crippen molar-refractivity contribution >= 4 is 5.69 Å². The lowest BCUT2D eigenvalue weighted by atomic mass is 10.1. The van der Waals surface area contributed by atoms with Gasteiger partial charge in [-0.3, -0.25) is 0 Å². The summed E-state index contributed by atoms with van der Waals surface area (Å²) in [6, 6.07) is 5.96. The summed E-state index contributed by atoms with van der Waals surface area (Å²) in [6.45, 7) is 6.29. The van der Waals surface area contributed by atoms with Crippen molar-refractivity contribution < 1.29 is 0 Å². The smallest absolute Gasteiger partial charge is 0.137 e. The highest BCUT2D eigenvalue weighted by atomic mass is 14.9. The summed E-state index contributed by atoms with van der Waals surface area (Å²) in [4.78, 5) is 7.71. The molecule has 0 saturated heterocycles. The van der Waals surface area contributed by atoms with Crippen molar-refractivity contribution in [2.24, 2.45) is 0 Å². The van der Waals surface area contributed by atoms with Crippen LogP contribution in [0.5, 0.6) is 0 Å². The van der Waals surface area contributed by atoms with E-state index in [9.17, 15) is 0 Å². The third-order valence-electron chi connectivity index (χ3n) is 2.76. The number of H-pyrrole nitrogens is 1. The van der Waals surface area contributed by atoms with Gasteiger partial charge in [-0.15, -0.1) is 0 Å². The van der Waals surface area contributed by atoms with Gasteiger partial charge in [0.2, 0.25) is 0 Å². The quantitative estimate of drug-likeness (QED) is 0.756. The van der Waals surface area contributed by atoms with Crippen molar-refractivity contribution in [2.45, 2.75) is 26.7 Å². The fraction of sp³-hybridized carbons (Fsp3) is 0.308. The molecule has 16 heavy (non-hydrogen) atoms. The van der Waals surface area contributed by atoms with Crippen LogP contribution < -0.4 is 5.73 Å². The topological polar surface area (TPSA) is 54.7 Å². The summed E-state index contributed by atoms with van der Waals surface area (Å²) in [5, 5.41) is 0. The van der Waals surface area contributed by atoms with Crippen LogP contribution in [-0.4, -0.2) is 9.97 Å². The number of nitrogens with zero attached hydrogens (tertiary/aromatic N) is 1. The van der Waals surface area contributed by atoms with Gasteiger partial charge in [-0.2, -0.15) is 0 Å². The van der Waals surface area contributed by atoms with Gasteiger partial charge in [0.15, 0.2) is 0 Å². The number of hydrogen-bond donors (Lipinski definition) is 2. The SMILES string of the molecule is Cc1cc(-c2ncc(C(C)C)[nH]2)ccc1N. The first-order chi connectivity index (χ1) is 7.58. The first-order valence-corrected chi connectivity index (χ1v) is 5.49. The number of aryl methyl sites for hydroxylation is 1. The van der Waals surface area contributed by atoms with E-state index >= 15 is 0 Å². The van der Waals surface area contributed by atoms with Gasteiger partial charge < -0.3 is 10.7 Å². The van der Waals surface area contributed by atoms with Crippen molar-refractivity contribution in [3.63, 3.8) is 0 Å². The van der Waals surface area contributed by atoms with Gasteiger partial charge in [-0.25, -0.2) is 4.98 Å². The van der Waals surface area contributed by atoms with Crippen LogP contribution in [0.25, 0.3) is 11.4 Å². The Bertz CT molecular complexity index is 498. The van der Waals surface area contributed by atoms with Crippen molar-refractivity contribution in [3.8, 4) is 11.4 Å². The number of imidazole rings is 1. The Kier molecular flexibility index (Phi) is 2.69. The normalized spacial score (nSPS) is 11.0. The number of nitrogens with one attached hydrogen (secondary N) is 1. The van der Waals surface area contributed by atoms with Crippen LogP contribution in [0.2, 0.25) is 0 Å². The number of aromatic amines is 1. The largest absolute Gasteiger partial charge is 0.399 e. The van der Waals surface area contributed by atoms with Crippen molar-refractivity contribution in [2.75, 3.05) is 5.73 Å². The molecule has 1 aromatic heterocycles. The zero-order valence-electron chi connectivity index (χ0n) is 9.91. The molecule has 0 aliphatic carbocycles. The van der Waals surface area contributed by atoms with E-state index in [1.807, 2.05) is 25.3 Å². The summed E-state index contributed by atoms with van der Waals surface area (Å²) in [7, 11) is 0. The highest BCUT2D eigenvalue weighted by Crippen LogP contribution is 2.22. The second-order valence-corrected chi connectivity index (χ2v) is 4.41. The molecule has 0 atom stereocenters. The minimum Gasteiger partial charge on any atom is -0.399 e. The maximum absolute atomic E-state index is 5.79. The standard InChI is InChI=1S/C13H17N3/c1-8(2)12-7-15-13(16-12)10-4-5-11(14)9(3)6-10/h4-8H,14H2,1-3H3,(H,15,16). The van der Waals surface area contributed by atoms with Crippen LogP contribution in [0.1, 0.15) is 31.0 Å². The Labute approximate surface area is 95.7 Å². The van der Waals surface area contributed by atoms with E-state index in [1.54, 1.807) is 0 Å². The number of anilines is 1. The van der Waals surface area contributed by atoms with Crippen LogP contribution >= 0.6 is 0 Å². The molecule has 3 nitrogen and oxygen atoms in total. The first-order valence-electron chi connectivity index (χ1n) is 5.49. The van der Waals surface area contributed by atoms with Gasteiger partial charge in [0.05, 0.1) is 0 Å². The molecule has 3 N–H and O–H groups in total. The summed E-state index contributed by atoms with van der Waals surface area (Å²) in [6.07, 6.45) is 1.89. The Hall–Kier alpha value is -1.77. The Morgan fingerprint density at radius 3 is 2.62 bits per heavy atom. The van der Waals surface area contributed by atoms with E-state index in [4.69, 9.17) is 5.73 Å². The monoisotopic (exact) mass is 215 g/mol. The van der Waals surface area contributed by atoms with E-state index in [1.165, 1.54) is 0 Å². The Morgan fingerprint density at radius 2 is 2.06 bits per heavy atom. The van der Waals surface area contributed by atoms with E-state index in [0.29, 0.717) is 5.92 Å². The second kappa shape index (κ2) is 4.00. The molecule has 1 aromatic carbocycles.